The van der Waals surface area contributed by atoms with Gasteiger partial charge in [0.25, 0.3) is 5.70 Å². The predicted molar refractivity (Wildman–Crippen MR) is 129 cm³/mol. The van der Waals surface area contributed by atoms with E-state index in [0.29, 0.717) is 0 Å². The monoisotopic (exact) mass is 510 g/mol. The Morgan fingerprint density at radius 1 is 1.08 bits per heavy atom. The number of alkyl halides is 3. The summed E-state index contributed by atoms with van der Waals surface area (Å²) in [7, 11) is 0. The highest BCUT2D eigenvalue weighted by Crippen LogP contribution is 2.43. The van der Waals surface area contributed by atoms with Gasteiger partial charge in [-0.15, -0.1) is 0 Å². The average Bonchev–Trinajstić information content (AvgIpc) is 2.84. The van der Waals surface area contributed by atoms with Crippen LogP contribution in [0.5, 0.6) is 0 Å². The Morgan fingerprint density at radius 3 is 2.25 bits per heavy atom. The zero-order valence-corrected chi connectivity index (χ0v) is 20.5. The Balaban J connectivity index is 0.000000249. The third-order valence-electron chi connectivity index (χ3n) is 6.97. The van der Waals surface area contributed by atoms with Crippen molar-refractivity contribution in [2.45, 2.75) is 64.1 Å². The molecule has 1 aliphatic carbocycles. The van der Waals surface area contributed by atoms with Crippen LogP contribution in [-0.4, -0.2) is 53.1 Å². The Hall–Kier alpha value is -2.92. The van der Waals surface area contributed by atoms with Crippen molar-refractivity contribution >= 4 is 5.97 Å². The number of aliphatic carboxylic acids is 1. The van der Waals surface area contributed by atoms with Crippen molar-refractivity contribution in [1.29, 1.82) is 0 Å². The van der Waals surface area contributed by atoms with E-state index in [1.807, 2.05) is 0 Å². The van der Waals surface area contributed by atoms with E-state index in [2.05, 4.69) is 15.5 Å². The summed E-state index contributed by atoms with van der Waals surface area (Å²) >= 11 is 0. The number of nitrogens with one attached hydrogen (secondary N) is 2. The molecule has 0 aromatic heterocycles. The van der Waals surface area contributed by atoms with Gasteiger partial charge >= 0.3 is 12.1 Å². The summed E-state index contributed by atoms with van der Waals surface area (Å²) in [5.41, 5.74) is -2.60. The smallest absolute Gasteiger partial charge is 0.416 e. The number of halogens is 3. The minimum Gasteiger partial charge on any atom is -0.478 e. The van der Waals surface area contributed by atoms with E-state index in [1.54, 1.807) is 0 Å². The average molecular weight is 511 g/mol. The van der Waals surface area contributed by atoms with Gasteiger partial charge < -0.3 is 15.7 Å². The molecule has 8 nitrogen and oxygen atoms in total. The molecule has 2 heterocycles. The van der Waals surface area contributed by atoms with Crippen molar-refractivity contribution < 1.29 is 28.0 Å². The van der Waals surface area contributed by atoms with E-state index >= 15 is 0 Å². The summed E-state index contributed by atoms with van der Waals surface area (Å²) in [6, 6.07) is 5.20. The maximum absolute atomic E-state index is 13.3. The molecule has 1 saturated heterocycles. The van der Waals surface area contributed by atoms with Gasteiger partial charge in [-0.05, 0) is 38.3 Å². The van der Waals surface area contributed by atoms with Gasteiger partial charge in [-0.2, -0.15) is 13.2 Å². The zero-order valence-electron chi connectivity index (χ0n) is 20.5. The van der Waals surface area contributed by atoms with Crippen LogP contribution in [0.25, 0.3) is 0 Å². The number of hydrogen-bond donors (Lipinski definition) is 3. The molecule has 4 rings (SSSR count). The van der Waals surface area contributed by atoms with Gasteiger partial charge in [0, 0.05) is 37.9 Å². The lowest BCUT2D eigenvalue weighted by Crippen LogP contribution is -2.48. The van der Waals surface area contributed by atoms with Crippen LogP contribution in [0.3, 0.4) is 0 Å². The number of piperazine rings is 1. The third kappa shape index (κ3) is 6.44. The number of benzene rings is 1. The summed E-state index contributed by atoms with van der Waals surface area (Å²) in [6.07, 6.45) is 2.56. The molecule has 36 heavy (non-hydrogen) atoms. The second-order valence-corrected chi connectivity index (χ2v) is 9.33. The first kappa shape index (κ1) is 27.7. The van der Waals surface area contributed by atoms with Crippen LogP contribution in [0.15, 0.2) is 46.9 Å². The van der Waals surface area contributed by atoms with Crippen LogP contribution in [-0.2, 0) is 11.0 Å². The summed E-state index contributed by atoms with van der Waals surface area (Å²) in [5, 5.41) is 26.8. The first-order valence-corrected chi connectivity index (χ1v) is 12.2. The standard InChI is InChI=1S/C15H13F3N2O4.C10H20N2/c1-7-11(14(21)22)12(13(20(23)24)8(2)19-7)9-5-3-4-6-10(9)15(16,17)18;1-2-4-10(5-3-1)12-8-6-11-7-9-12/h3-6,12,19H,1-2H3,(H,21,22);10-11H,1-9H2. The highest BCUT2D eigenvalue weighted by Gasteiger charge is 2.44. The molecule has 0 spiro atoms. The second kappa shape index (κ2) is 11.9. The van der Waals surface area contributed by atoms with E-state index in [1.165, 1.54) is 78.2 Å². The molecule has 1 aromatic carbocycles. The van der Waals surface area contributed by atoms with Crippen molar-refractivity contribution in [2.75, 3.05) is 26.2 Å². The summed E-state index contributed by atoms with van der Waals surface area (Å²) in [4.78, 5) is 24.8. The number of rotatable bonds is 4. The van der Waals surface area contributed by atoms with Gasteiger partial charge in [-0.25, -0.2) is 4.79 Å². The van der Waals surface area contributed by atoms with Crippen molar-refractivity contribution in [3.8, 4) is 0 Å². The lowest BCUT2D eigenvalue weighted by atomic mass is 9.82. The molecular formula is C25H33F3N4O4. The van der Waals surface area contributed by atoms with Crippen molar-refractivity contribution in [1.82, 2.24) is 15.5 Å². The third-order valence-corrected chi connectivity index (χ3v) is 6.97. The quantitative estimate of drug-likeness (QED) is 0.405. The SMILES string of the molecule is C1CCC(N2CCNCC2)CC1.CC1=C(C(=O)O)C(c2ccccc2C(F)(F)F)C([N+](=O)[O-])=C(C)N1. The number of dihydropyridines is 1. The van der Waals surface area contributed by atoms with Gasteiger partial charge in [0.2, 0.25) is 0 Å². The van der Waals surface area contributed by atoms with Crippen molar-refractivity contribution in [2.24, 2.45) is 0 Å². The fourth-order valence-corrected chi connectivity index (χ4v) is 5.31. The molecule has 11 heteroatoms. The molecule has 1 unspecified atom stereocenters. The number of hydrogen-bond acceptors (Lipinski definition) is 6. The highest BCUT2D eigenvalue weighted by atomic mass is 19.4. The molecule has 3 aliphatic rings. The topological polar surface area (TPSA) is 108 Å². The van der Waals surface area contributed by atoms with Crippen molar-refractivity contribution in [3.63, 3.8) is 0 Å². The molecule has 0 radical (unpaired) electrons. The Kier molecular flexibility index (Phi) is 9.13. The fourth-order valence-electron chi connectivity index (χ4n) is 5.31. The van der Waals surface area contributed by atoms with E-state index < -0.39 is 45.4 Å². The maximum atomic E-state index is 13.3. The summed E-state index contributed by atoms with van der Waals surface area (Å²) < 4.78 is 39.9. The van der Waals surface area contributed by atoms with Crippen LogP contribution < -0.4 is 10.6 Å². The van der Waals surface area contributed by atoms with Gasteiger partial charge in [0.05, 0.1) is 21.8 Å². The van der Waals surface area contributed by atoms with E-state index in [4.69, 9.17) is 0 Å². The van der Waals surface area contributed by atoms with Gasteiger partial charge in [-0.3, -0.25) is 15.0 Å². The number of carbonyl (C=O) groups is 1. The normalized spacial score (nSPS) is 22.0. The number of carboxylic acids is 1. The van der Waals surface area contributed by atoms with Crippen LogP contribution in [0.4, 0.5) is 13.2 Å². The lowest BCUT2D eigenvalue weighted by Gasteiger charge is -2.36. The Labute approximate surface area is 208 Å². The van der Waals surface area contributed by atoms with E-state index in [9.17, 15) is 33.2 Å². The van der Waals surface area contributed by atoms with Crippen LogP contribution >= 0.6 is 0 Å². The van der Waals surface area contributed by atoms with E-state index in [0.717, 1.165) is 24.2 Å². The van der Waals surface area contributed by atoms with Crippen LogP contribution in [0.1, 0.15) is 63.0 Å². The minimum atomic E-state index is -4.77. The molecule has 1 atom stereocenters. The molecule has 1 saturated carbocycles. The largest absolute Gasteiger partial charge is 0.478 e. The van der Waals surface area contributed by atoms with E-state index in [-0.39, 0.29) is 11.4 Å². The molecular weight excluding hydrogens is 477 g/mol. The molecule has 1 aromatic rings. The maximum Gasteiger partial charge on any atom is 0.416 e. The predicted octanol–water partition coefficient (Wildman–Crippen LogP) is 4.48. The summed E-state index contributed by atoms with van der Waals surface area (Å²) in [5.74, 6) is -3.15. The molecule has 198 valence electrons. The van der Waals surface area contributed by atoms with Crippen LogP contribution in [0, 0.1) is 10.1 Å². The van der Waals surface area contributed by atoms with Crippen LogP contribution in [0.2, 0.25) is 0 Å². The zero-order chi connectivity index (χ0) is 26.5. The Morgan fingerprint density at radius 2 is 1.69 bits per heavy atom. The molecule has 0 amide bonds. The number of nitro groups is 1. The fraction of sp³-hybridized carbons (Fsp3) is 0.560. The number of allylic oxidation sites excluding steroid dienone is 3. The Bertz CT molecular complexity index is 974. The molecule has 0 bridgehead atoms. The summed E-state index contributed by atoms with van der Waals surface area (Å²) in [6.45, 7) is 7.65. The minimum absolute atomic E-state index is 0.00415. The first-order valence-electron chi connectivity index (χ1n) is 12.2. The molecule has 2 aliphatic heterocycles. The molecule has 3 N–H and O–H groups in total. The molecule has 2 fully saturated rings. The first-order chi connectivity index (χ1) is 17.0. The van der Waals surface area contributed by atoms with Gasteiger partial charge in [0.15, 0.2) is 0 Å². The lowest BCUT2D eigenvalue weighted by molar-refractivity contribution is -0.431. The number of carboxylic acid groups (broad SMARTS) is 1. The van der Waals surface area contributed by atoms with Crippen molar-refractivity contribution in [3.05, 3.63) is 68.2 Å². The second-order valence-electron chi connectivity index (χ2n) is 9.33. The number of nitrogens with zero attached hydrogens (tertiary/aromatic N) is 2. The van der Waals surface area contributed by atoms with Gasteiger partial charge in [0.1, 0.15) is 5.92 Å². The van der Waals surface area contributed by atoms with Gasteiger partial charge in [-0.1, -0.05) is 37.5 Å². The highest BCUT2D eigenvalue weighted by molar-refractivity contribution is 5.91.